The molecular formula is C41H51FN8O7. The van der Waals surface area contributed by atoms with E-state index in [2.05, 4.69) is 25.2 Å². The topological polar surface area (TPSA) is 138 Å². The number of nitrogens with one attached hydrogen (secondary N) is 1. The Hall–Kier alpha value is -5.61. The van der Waals surface area contributed by atoms with Crippen LogP contribution in [-0.2, 0) is 6.54 Å². The molecule has 0 unspecified atom stereocenters. The van der Waals surface area contributed by atoms with Gasteiger partial charge in [0.1, 0.15) is 0 Å². The lowest BCUT2D eigenvalue weighted by atomic mass is 9.96. The second kappa shape index (κ2) is 17.7. The van der Waals surface area contributed by atoms with Crippen LogP contribution in [0.25, 0.3) is 21.8 Å². The van der Waals surface area contributed by atoms with Crippen molar-refractivity contribution in [2.45, 2.75) is 51.2 Å². The van der Waals surface area contributed by atoms with Crippen molar-refractivity contribution in [1.29, 1.82) is 0 Å². The molecule has 0 radical (unpaired) electrons. The molecule has 0 atom stereocenters. The molecule has 7 rings (SSSR count). The van der Waals surface area contributed by atoms with Crippen LogP contribution in [0, 0.1) is 5.82 Å². The van der Waals surface area contributed by atoms with Gasteiger partial charge in [-0.3, -0.25) is 10.3 Å². The first-order chi connectivity index (χ1) is 27.8. The second-order valence-electron chi connectivity index (χ2n) is 14.0. The Morgan fingerprint density at radius 3 is 1.75 bits per heavy atom. The van der Waals surface area contributed by atoms with Crippen LogP contribution in [-0.4, -0.2) is 117 Å². The summed E-state index contributed by atoms with van der Waals surface area (Å²) in [6, 6.07) is 12.8. The number of fused-ring (bicyclic) bond motifs is 2. The third-order valence-electron chi connectivity index (χ3n) is 10.7. The highest BCUT2D eigenvalue weighted by Gasteiger charge is 2.35. The van der Waals surface area contributed by atoms with E-state index in [0.717, 1.165) is 68.2 Å². The van der Waals surface area contributed by atoms with Gasteiger partial charge in [0.2, 0.25) is 23.7 Å². The van der Waals surface area contributed by atoms with E-state index in [-0.39, 0.29) is 17.9 Å². The molecule has 16 heteroatoms. The van der Waals surface area contributed by atoms with Crippen molar-refractivity contribution in [3.8, 4) is 40.5 Å². The normalized spacial score (nSPS) is 15.7. The smallest absolute Gasteiger partial charge is 0.241 e. The summed E-state index contributed by atoms with van der Waals surface area (Å²) in [6.45, 7) is 6.14. The number of hydrogen-bond acceptors (Lipinski definition) is 15. The molecule has 0 bridgehead atoms. The molecule has 2 saturated heterocycles. The molecule has 0 aliphatic carbocycles. The zero-order valence-electron chi connectivity index (χ0n) is 33.6. The van der Waals surface area contributed by atoms with Gasteiger partial charge in [-0.1, -0.05) is 6.07 Å². The van der Waals surface area contributed by atoms with Crippen LogP contribution in [0.5, 0.6) is 40.5 Å². The number of anilines is 2. The van der Waals surface area contributed by atoms with E-state index in [1.54, 1.807) is 42.7 Å². The predicted octanol–water partition coefficient (Wildman–Crippen LogP) is 6.12. The lowest BCUT2D eigenvalue weighted by Gasteiger charge is -2.45. The molecule has 1 N–H and O–H groups in total. The zero-order valence-corrected chi connectivity index (χ0v) is 33.6. The minimum Gasteiger partial charge on any atom is -0.493 e. The zero-order chi connectivity index (χ0) is 40.1. The van der Waals surface area contributed by atoms with Crippen LogP contribution in [0.15, 0.2) is 42.5 Å². The van der Waals surface area contributed by atoms with Gasteiger partial charge in [0.15, 0.2) is 34.6 Å². The highest BCUT2D eigenvalue weighted by Crippen LogP contribution is 2.39. The van der Waals surface area contributed by atoms with Crippen molar-refractivity contribution in [2.75, 3.05) is 85.8 Å². The predicted molar refractivity (Wildman–Crippen MR) is 215 cm³/mol. The van der Waals surface area contributed by atoms with E-state index in [9.17, 15) is 4.39 Å². The number of piperidine rings is 2. The number of halogens is 1. The molecule has 0 spiro atoms. The van der Waals surface area contributed by atoms with Crippen molar-refractivity contribution in [3.05, 3.63) is 53.8 Å². The minimum absolute atomic E-state index is 0.136. The van der Waals surface area contributed by atoms with Crippen LogP contribution >= 0.6 is 0 Å². The van der Waals surface area contributed by atoms with Gasteiger partial charge < -0.3 is 38.1 Å². The van der Waals surface area contributed by atoms with E-state index in [0.29, 0.717) is 76.6 Å². The van der Waals surface area contributed by atoms with Crippen LogP contribution in [0.2, 0.25) is 0 Å². The Kier molecular flexibility index (Phi) is 12.3. The molecule has 0 saturated carbocycles. The Bertz CT molecular complexity index is 2180. The van der Waals surface area contributed by atoms with E-state index >= 15 is 0 Å². The molecule has 0 amide bonds. The molecule has 2 fully saturated rings. The molecular weight excluding hydrogens is 735 g/mol. The largest absolute Gasteiger partial charge is 0.493 e. The fraction of sp³-hybridized carbons (Fsp3) is 0.463. The van der Waals surface area contributed by atoms with Crippen LogP contribution in [0.3, 0.4) is 0 Å². The van der Waals surface area contributed by atoms with E-state index < -0.39 is 0 Å². The van der Waals surface area contributed by atoms with E-state index in [4.69, 9.17) is 48.1 Å². The van der Waals surface area contributed by atoms with Crippen molar-refractivity contribution < 1.29 is 37.5 Å². The Morgan fingerprint density at radius 1 is 0.649 bits per heavy atom. The van der Waals surface area contributed by atoms with Crippen LogP contribution in [0.4, 0.5) is 16.3 Å². The number of rotatable bonds is 15. The summed E-state index contributed by atoms with van der Waals surface area (Å²) in [7, 11) is 9.61. The van der Waals surface area contributed by atoms with Gasteiger partial charge >= 0.3 is 0 Å². The van der Waals surface area contributed by atoms with Gasteiger partial charge in [-0.2, -0.15) is 9.97 Å². The molecule has 57 heavy (non-hydrogen) atoms. The molecule has 2 aliphatic heterocycles. The number of methoxy groups -OCH3 is 6. The van der Waals surface area contributed by atoms with E-state index in [1.807, 2.05) is 43.3 Å². The summed E-state index contributed by atoms with van der Waals surface area (Å²) in [5.41, 5.74) is 5.82. The Labute approximate surface area is 331 Å². The lowest BCUT2D eigenvalue weighted by Crippen LogP contribution is -2.53. The molecule has 3 aromatic carbocycles. The van der Waals surface area contributed by atoms with Gasteiger partial charge in [0.05, 0.1) is 71.1 Å². The monoisotopic (exact) mass is 786 g/mol. The first kappa shape index (κ1) is 39.6. The average Bonchev–Trinajstić information content (AvgIpc) is 3.24. The maximum Gasteiger partial charge on any atom is 0.241 e. The quantitative estimate of drug-likeness (QED) is 0.130. The number of aromatic nitrogens is 4. The highest BCUT2D eigenvalue weighted by atomic mass is 19.1. The summed E-state index contributed by atoms with van der Waals surface area (Å²) in [5, 5.41) is 3.59. The van der Waals surface area contributed by atoms with Gasteiger partial charge in [-0.05, 0) is 62.4 Å². The summed E-state index contributed by atoms with van der Waals surface area (Å²) < 4.78 is 53.6. The highest BCUT2D eigenvalue weighted by molar-refractivity contribution is 5.89. The number of ether oxygens (including phenoxy) is 7. The average molecular weight is 787 g/mol. The van der Waals surface area contributed by atoms with Gasteiger partial charge in [-0.15, -0.1) is 0 Å². The molecule has 4 heterocycles. The van der Waals surface area contributed by atoms with Crippen molar-refractivity contribution in [1.82, 2.24) is 29.8 Å². The second-order valence-corrected chi connectivity index (χ2v) is 14.0. The maximum absolute atomic E-state index is 14.3. The number of likely N-dealkylation sites (tertiary alicyclic amines) is 1. The lowest BCUT2D eigenvalue weighted by molar-refractivity contribution is 0.183. The van der Waals surface area contributed by atoms with Gasteiger partial charge in [0, 0.05) is 56.9 Å². The third-order valence-corrected chi connectivity index (χ3v) is 10.7. The number of benzene rings is 3. The number of nitrogens with zero attached hydrogens (tertiary/aromatic N) is 7. The first-order valence-corrected chi connectivity index (χ1v) is 19.2. The Morgan fingerprint density at radius 2 is 1.19 bits per heavy atom. The molecule has 15 nitrogen and oxygen atoms in total. The van der Waals surface area contributed by atoms with Crippen molar-refractivity contribution >= 4 is 33.7 Å². The molecule has 2 aromatic heterocycles. The number of hydrazine groups is 1. The summed E-state index contributed by atoms with van der Waals surface area (Å²) in [5.74, 6) is 4.18. The third kappa shape index (κ3) is 8.42. The summed E-state index contributed by atoms with van der Waals surface area (Å²) >= 11 is 0. The SMILES string of the molecule is CCOc1cc(CN2CCC(N(c3nc(OC)c4cc(OC)c(OC)cc4n3)C3CCN(Nc4nc(OC)c5cc(OC)c(OC)cc5n4)CC3)CC2)ccc1F. The first-order valence-electron chi connectivity index (χ1n) is 19.2. The molecule has 5 aromatic rings. The Balaban J connectivity index is 1.13. The maximum atomic E-state index is 14.3. The number of hydrogen-bond donors (Lipinski definition) is 1. The molecule has 2 aliphatic rings. The fourth-order valence-electron chi connectivity index (χ4n) is 7.87. The standard InChI is InChI=1S/C41H51FN8O7/c1-8-57-33-19-25(9-10-30(33)42)24-48-15-11-26(12-16-48)50(41-44-32-23-37(54-5)35(52-3)21-29(32)39(46-41)56-7)27-13-17-49(18-14-27)47-40-43-31-22-36(53-4)34(51-2)20-28(31)38(45-40)55-6/h9-10,19-23,26-27H,8,11-18,24H2,1-7H3,(H,43,45,47). The van der Waals surface area contributed by atoms with Crippen molar-refractivity contribution in [2.24, 2.45) is 0 Å². The minimum atomic E-state index is -0.343. The van der Waals surface area contributed by atoms with Gasteiger partial charge in [-0.25, -0.2) is 19.4 Å². The summed E-state index contributed by atoms with van der Waals surface area (Å²) in [6.07, 6.45) is 3.45. The van der Waals surface area contributed by atoms with Crippen LogP contribution < -0.4 is 43.5 Å². The summed E-state index contributed by atoms with van der Waals surface area (Å²) in [4.78, 5) is 24.5. The fourth-order valence-corrected chi connectivity index (χ4v) is 7.87. The van der Waals surface area contributed by atoms with E-state index in [1.165, 1.54) is 6.07 Å². The van der Waals surface area contributed by atoms with Crippen LogP contribution in [0.1, 0.15) is 38.2 Å². The van der Waals surface area contributed by atoms with Gasteiger partial charge in [0.25, 0.3) is 0 Å². The van der Waals surface area contributed by atoms with Crippen molar-refractivity contribution in [3.63, 3.8) is 0 Å². The molecule has 304 valence electrons.